The van der Waals surface area contributed by atoms with Crippen LogP contribution in [0.25, 0.3) is 0 Å². The van der Waals surface area contributed by atoms with Crippen LogP contribution in [-0.4, -0.2) is 13.1 Å². The van der Waals surface area contributed by atoms with Crippen LogP contribution in [0.3, 0.4) is 0 Å². The second-order valence-corrected chi connectivity index (χ2v) is 6.17. The Morgan fingerprint density at radius 3 is 1.94 bits per heavy atom. The molecule has 0 amide bonds. The average molecular weight is 239 g/mol. The van der Waals surface area contributed by atoms with Crippen LogP contribution in [0.15, 0.2) is 0 Å². The summed E-state index contributed by atoms with van der Waals surface area (Å²) in [5, 5.41) is 3.66. The summed E-state index contributed by atoms with van der Waals surface area (Å²) >= 11 is 0. The Balaban J connectivity index is 2.54. The van der Waals surface area contributed by atoms with Crippen molar-refractivity contribution in [3.05, 3.63) is 0 Å². The van der Waals surface area contributed by atoms with Crippen molar-refractivity contribution >= 4 is 0 Å². The molecule has 0 aromatic heterocycles. The highest BCUT2D eigenvalue weighted by molar-refractivity contribution is 4.85. The lowest BCUT2D eigenvalue weighted by atomic mass is 9.73. The van der Waals surface area contributed by atoms with Gasteiger partial charge < -0.3 is 5.32 Å². The predicted octanol–water partition coefficient (Wildman–Crippen LogP) is 4.62. The molecule has 1 saturated carbocycles. The zero-order valence-corrected chi connectivity index (χ0v) is 12.5. The first kappa shape index (κ1) is 15.0. The van der Waals surface area contributed by atoms with Crippen LogP contribution in [0, 0.1) is 17.8 Å². The normalized spacial score (nSPS) is 27.4. The summed E-state index contributed by atoms with van der Waals surface area (Å²) in [6, 6.07) is 0.780. The molecule has 102 valence electrons. The van der Waals surface area contributed by atoms with Gasteiger partial charge in [-0.15, -0.1) is 0 Å². The fraction of sp³-hybridized carbons (Fsp3) is 1.00. The molecule has 0 aromatic carbocycles. The Morgan fingerprint density at radius 2 is 1.53 bits per heavy atom. The van der Waals surface area contributed by atoms with Crippen molar-refractivity contribution in [1.82, 2.24) is 5.32 Å². The lowest BCUT2D eigenvalue weighted by Crippen LogP contribution is -2.41. The average Bonchev–Trinajstić information content (AvgIpc) is 2.33. The zero-order chi connectivity index (χ0) is 12.7. The zero-order valence-electron chi connectivity index (χ0n) is 12.5. The van der Waals surface area contributed by atoms with E-state index in [-0.39, 0.29) is 0 Å². The first-order chi connectivity index (χ1) is 8.22. The Kier molecular flexibility index (Phi) is 7.18. The second-order valence-electron chi connectivity index (χ2n) is 6.17. The summed E-state index contributed by atoms with van der Waals surface area (Å²) < 4.78 is 0. The summed E-state index contributed by atoms with van der Waals surface area (Å²) in [5.74, 6) is 2.83. The minimum absolute atomic E-state index is 0.780. The Labute approximate surface area is 109 Å². The van der Waals surface area contributed by atoms with Crippen molar-refractivity contribution in [3.63, 3.8) is 0 Å². The van der Waals surface area contributed by atoms with Gasteiger partial charge in [-0.05, 0) is 50.5 Å². The SMILES string of the molecule is CCCC(CCC)C(NC)C1CCC(C)CC1. The highest BCUT2D eigenvalue weighted by atomic mass is 14.9. The molecule has 0 heterocycles. The molecule has 1 aliphatic carbocycles. The third-order valence-corrected chi connectivity index (χ3v) is 4.73. The van der Waals surface area contributed by atoms with Crippen LogP contribution >= 0.6 is 0 Å². The van der Waals surface area contributed by atoms with Crippen molar-refractivity contribution < 1.29 is 0 Å². The third-order valence-electron chi connectivity index (χ3n) is 4.73. The van der Waals surface area contributed by atoms with E-state index in [4.69, 9.17) is 0 Å². The van der Waals surface area contributed by atoms with E-state index >= 15 is 0 Å². The third kappa shape index (κ3) is 4.62. The minimum atomic E-state index is 0.780. The molecular weight excluding hydrogens is 206 g/mol. The van der Waals surface area contributed by atoms with E-state index in [2.05, 4.69) is 33.1 Å². The molecule has 1 rings (SSSR count). The van der Waals surface area contributed by atoms with Crippen molar-refractivity contribution in [2.75, 3.05) is 7.05 Å². The molecule has 17 heavy (non-hydrogen) atoms. The lowest BCUT2D eigenvalue weighted by molar-refractivity contribution is 0.176. The number of nitrogens with one attached hydrogen (secondary N) is 1. The van der Waals surface area contributed by atoms with E-state index < -0.39 is 0 Å². The molecule has 0 bridgehead atoms. The molecule has 1 unspecified atom stereocenters. The number of hydrogen-bond acceptors (Lipinski definition) is 1. The van der Waals surface area contributed by atoms with Gasteiger partial charge in [0, 0.05) is 6.04 Å². The van der Waals surface area contributed by atoms with E-state index in [9.17, 15) is 0 Å². The van der Waals surface area contributed by atoms with E-state index in [1.54, 1.807) is 0 Å². The van der Waals surface area contributed by atoms with E-state index in [0.29, 0.717) is 0 Å². The van der Waals surface area contributed by atoms with Gasteiger partial charge in [0.2, 0.25) is 0 Å². The molecule has 0 saturated heterocycles. The van der Waals surface area contributed by atoms with Gasteiger partial charge in [-0.2, -0.15) is 0 Å². The molecule has 0 aromatic rings. The van der Waals surface area contributed by atoms with E-state index in [1.165, 1.54) is 51.4 Å². The van der Waals surface area contributed by atoms with Gasteiger partial charge in [0.05, 0.1) is 0 Å². The maximum atomic E-state index is 3.66. The van der Waals surface area contributed by atoms with Crippen molar-refractivity contribution in [2.45, 2.75) is 78.2 Å². The molecule has 1 N–H and O–H groups in total. The monoisotopic (exact) mass is 239 g/mol. The van der Waals surface area contributed by atoms with Crippen molar-refractivity contribution in [1.29, 1.82) is 0 Å². The molecule has 1 aliphatic rings. The highest BCUT2D eigenvalue weighted by Crippen LogP contribution is 2.34. The first-order valence-corrected chi connectivity index (χ1v) is 7.90. The summed E-state index contributed by atoms with van der Waals surface area (Å²) in [6.45, 7) is 7.08. The second kappa shape index (κ2) is 8.13. The van der Waals surface area contributed by atoms with E-state index in [1.807, 2.05) is 0 Å². The van der Waals surface area contributed by atoms with Crippen LogP contribution < -0.4 is 5.32 Å². The Bertz CT molecular complexity index is 176. The van der Waals surface area contributed by atoms with Gasteiger partial charge in [-0.1, -0.05) is 46.5 Å². The quantitative estimate of drug-likeness (QED) is 0.683. The smallest absolute Gasteiger partial charge is 0.0121 e. The predicted molar refractivity (Wildman–Crippen MR) is 77.3 cm³/mol. The molecule has 0 spiro atoms. The summed E-state index contributed by atoms with van der Waals surface area (Å²) in [6.07, 6.45) is 11.3. The molecule has 1 fully saturated rings. The van der Waals surface area contributed by atoms with Gasteiger partial charge in [-0.25, -0.2) is 0 Å². The molecule has 0 radical (unpaired) electrons. The number of hydrogen-bond donors (Lipinski definition) is 1. The summed E-state index contributed by atoms with van der Waals surface area (Å²) in [5.41, 5.74) is 0. The lowest BCUT2D eigenvalue weighted by Gasteiger charge is -2.37. The van der Waals surface area contributed by atoms with Crippen LogP contribution in [0.5, 0.6) is 0 Å². The first-order valence-electron chi connectivity index (χ1n) is 7.90. The van der Waals surface area contributed by atoms with Gasteiger partial charge in [0.15, 0.2) is 0 Å². The molecule has 1 atom stereocenters. The molecule has 0 aliphatic heterocycles. The fourth-order valence-corrected chi connectivity index (χ4v) is 3.75. The minimum Gasteiger partial charge on any atom is -0.316 e. The van der Waals surface area contributed by atoms with Crippen LogP contribution in [0.4, 0.5) is 0 Å². The molecule has 1 nitrogen and oxygen atoms in total. The standard InChI is InChI=1S/C16H33N/c1-5-7-14(8-6-2)16(17-4)15-11-9-13(3)10-12-15/h13-17H,5-12H2,1-4H3. The number of rotatable bonds is 7. The topological polar surface area (TPSA) is 12.0 Å². The van der Waals surface area contributed by atoms with Crippen LogP contribution in [0.1, 0.15) is 72.1 Å². The maximum Gasteiger partial charge on any atom is 0.0121 e. The molecular formula is C16H33N. The Morgan fingerprint density at radius 1 is 1.00 bits per heavy atom. The van der Waals surface area contributed by atoms with Crippen LogP contribution in [-0.2, 0) is 0 Å². The van der Waals surface area contributed by atoms with E-state index in [0.717, 1.165) is 23.8 Å². The highest BCUT2D eigenvalue weighted by Gasteiger charge is 2.29. The fourth-order valence-electron chi connectivity index (χ4n) is 3.75. The molecule has 1 heteroatoms. The Hall–Kier alpha value is -0.0400. The largest absolute Gasteiger partial charge is 0.316 e. The summed E-state index contributed by atoms with van der Waals surface area (Å²) in [4.78, 5) is 0. The van der Waals surface area contributed by atoms with Gasteiger partial charge in [0.25, 0.3) is 0 Å². The van der Waals surface area contributed by atoms with Gasteiger partial charge in [-0.3, -0.25) is 0 Å². The van der Waals surface area contributed by atoms with Gasteiger partial charge >= 0.3 is 0 Å². The van der Waals surface area contributed by atoms with Crippen molar-refractivity contribution in [2.24, 2.45) is 17.8 Å². The van der Waals surface area contributed by atoms with Crippen molar-refractivity contribution in [3.8, 4) is 0 Å². The summed E-state index contributed by atoms with van der Waals surface area (Å²) in [7, 11) is 2.18. The van der Waals surface area contributed by atoms with Crippen LogP contribution in [0.2, 0.25) is 0 Å². The van der Waals surface area contributed by atoms with Gasteiger partial charge in [0.1, 0.15) is 0 Å². The maximum absolute atomic E-state index is 3.66.